The van der Waals surface area contributed by atoms with Gasteiger partial charge in [0.2, 0.25) is 0 Å². The number of anilines is 1. The van der Waals surface area contributed by atoms with Crippen molar-refractivity contribution in [3.63, 3.8) is 0 Å². The summed E-state index contributed by atoms with van der Waals surface area (Å²) in [7, 11) is 0. The van der Waals surface area contributed by atoms with Crippen molar-refractivity contribution < 1.29 is 9.18 Å². The van der Waals surface area contributed by atoms with Crippen molar-refractivity contribution in [2.24, 2.45) is 0 Å². The number of aromatic nitrogens is 1. The highest BCUT2D eigenvalue weighted by atomic mass is 79.9. The third-order valence-corrected chi connectivity index (χ3v) is 6.29. The van der Waals surface area contributed by atoms with E-state index in [0.29, 0.717) is 12.2 Å². The fraction of sp³-hybridized carbons (Fsp3) is 0.125. The number of nitrogens with one attached hydrogen (secondary N) is 2. The monoisotopic (exact) mass is 463 g/mol. The van der Waals surface area contributed by atoms with Crippen LogP contribution in [-0.4, -0.2) is 22.5 Å². The molecular formula is C24H19BrFN3O. The highest BCUT2D eigenvalue weighted by Crippen LogP contribution is 2.39. The molecule has 0 saturated heterocycles. The molecule has 30 heavy (non-hydrogen) atoms. The van der Waals surface area contributed by atoms with Gasteiger partial charge in [-0.1, -0.05) is 42.5 Å². The molecule has 0 saturated carbocycles. The summed E-state index contributed by atoms with van der Waals surface area (Å²) in [6.45, 7) is 0.563. The molecule has 150 valence electrons. The number of hydrogen-bond donors (Lipinski definition) is 2. The number of benzene rings is 3. The van der Waals surface area contributed by atoms with Crippen LogP contribution in [0.25, 0.3) is 10.9 Å². The zero-order valence-electron chi connectivity index (χ0n) is 16.0. The summed E-state index contributed by atoms with van der Waals surface area (Å²) in [4.78, 5) is 18.6. The van der Waals surface area contributed by atoms with Crippen molar-refractivity contribution in [3.8, 4) is 0 Å². The Bertz CT molecular complexity index is 1230. The van der Waals surface area contributed by atoms with Crippen molar-refractivity contribution in [1.82, 2.24) is 9.88 Å². The second-order valence-electron chi connectivity index (χ2n) is 7.37. The molecule has 0 bridgehead atoms. The van der Waals surface area contributed by atoms with E-state index >= 15 is 0 Å². The van der Waals surface area contributed by atoms with Crippen LogP contribution in [0.1, 0.15) is 22.9 Å². The standard InChI is InChI=1S/C24H19BrFN3O/c25-19-6-2-4-8-21(19)28-24(30)29-14-13-18-17-5-1-3-7-20(17)27-22(18)23(29)15-9-11-16(26)12-10-15/h1-12,23,27H,13-14H2,(H,28,30)/t23-/m0/s1. The fourth-order valence-electron chi connectivity index (χ4n) is 4.20. The number of para-hydroxylation sites is 2. The van der Waals surface area contributed by atoms with E-state index in [-0.39, 0.29) is 17.9 Å². The number of hydrogen-bond acceptors (Lipinski definition) is 1. The molecule has 0 radical (unpaired) electrons. The number of H-pyrrole nitrogens is 1. The third kappa shape index (κ3) is 3.27. The Morgan fingerprint density at radius 1 is 1.03 bits per heavy atom. The van der Waals surface area contributed by atoms with Crippen LogP contribution in [0.15, 0.2) is 77.3 Å². The Kier molecular flexibility index (Phi) is 4.79. The molecule has 1 aliphatic heterocycles. The van der Waals surface area contributed by atoms with Crippen LogP contribution in [0.2, 0.25) is 0 Å². The zero-order chi connectivity index (χ0) is 20.7. The number of urea groups is 1. The predicted octanol–water partition coefficient (Wildman–Crippen LogP) is 6.25. The Balaban J connectivity index is 1.59. The summed E-state index contributed by atoms with van der Waals surface area (Å²) in [5.74, 6) is -0.296. The van der Waals surface area contributed by atoms with E-state index in [1.807, 2.05) is 47.4 Å². The van der Waals surface area contributed by atoms with Gasteiger partial charge in [-0.15, -0.1) is 0 Å². The smallest absolute Gasteiger partial charge is 0.322 e. The van der Waals surface area contributed by atoms with Gasteiger partial charge in [-0.2, -0.15) is 0 Å². The lowest BCUT2D eigenvalue weighted by atomic mass is 9.92. The van der Waals surface area contributed by atoms with E-state index in [0.717, 1.165) is 27.7 Å². The number of amides is 2. The first kappa shape index (κ1) is 18.9. The Morgan fingerprint density at radius 2 is 1.77 bits per heavy atom. The molecule has 1 aromatic heterocycles. The minimum atomic E-state index is -0.329. The number of carbonyl (C=O) groups is 1. The molecule has 0 fully saturated rings. The molecule has 2 heterocycles. The van der Waals surface area contributed by atoms with Gasteiger partial charge in [0.1, 0.15) is 5.82 Å². The molecule has 4 aromatic rings. The van der Waals surface area contributed by atoms with Crippen molar-refractivity contribution in [2.75, 3.05) is 11.9 Å². The largest absolute Gasteiger partial charge is 0.356 e. The normalized spacial score (nSPS) is 15.8. The molecular weight excluding hydrogens is 445 g/mol. The lowest BCUT2D eigenvalue weighted by molar-refractivity contribution is 0.193. The fourth-order valence-corrected chi connectivity index (χ4v) is 4.58. The highest BCUT2D eigenvalue weighted by molar-refractivity contribution is 9.10. The number of aromatic amines is 1. The number of halogens is 2. The summed E-state index contributed by atoms with van der Waals surface area (Å²) < 4.78 is 14.4. The SMILES string of the molecule is O=C(Nc1ccccc1Br)N1CCc2c([nH]c3ccccc23)[C@@H]1c1ccc(F)cc1. The Labute approximate surface area is 181 Å². The molecule has 2 amide bonds. The quantitative estimate of drug-likeness (QED) is 0.362. The Hall–Kier alpha value is -3.12. The Morgan fingerprint density at radius 3 is 2.57 bits per heavy atom. The number of fused-ring (bicyclic) bond motifs is 3. The van der Waals surface area contributed by atoms with Gasteiger partial charge < -0.3 is 15.2 Å². The van der Waals surface area contributed by atoms with Gasteiger partial charge in [-0.3, -0.25) is 0 Å². The maximum absolute atomic E-state index is 13.6. The maximum Gasteiger partial charge on any atom is 0.322 e. The average Bonchev–Trinajstić information content (AvgIpc) is 3.14. The average molecular weight is 464 g/mol. The van der Waals surface area contributed by atoms with Crippen molar-refractivity contribution >= 4 is 38.6 Å². The number of nitrogens with zero attached hydrogens (tertiary/aromatic N) is 1. The van der Waals surface area contributed by atoms with Crippen molar-refractivity contribution in [1.29, 1.82) is 0 Å². The first-order chi connectivity index (χ1) is 14.6. The molecule has 1 atom stereocenters. The van der Waals surface area contributed by atoms with E-state index in [1.54, 1.807) is 12.1 Å². The van der Waals surface area contributed by atoms with Crippen LogP contribution in [0.5, 0.6) is 0 Å². The molecule has 3 aromatic carbocycles. The third-order valence-electron chi connectivity index (χ3n) is 5.60. The van der Waals surface area contributed by atoms with Gasteiger partial charge in [0.25, 0.3) is 0 Å². The van der Waals surface area contributed by atoms with Gasteiger partial charge in [-0.05, 0) is 63.8 Å². The van der Waals surface area contributed by atoms with Gasteiger partial charge in [-0.25, -0.2) is 9.18 Å². The first-order valence-corrected chi connectivity index (χ1v) is 10.6. The predicted molar refractivity (Wildman–Crippen MR) is 120 cm³/mol. The lowest BCUT2D eigenvalue weighted by Crippen LogP contribution is -2.43. The van der Waals surface area contributed by atoms with Crippen LogP contribution >= 0.6 is 15.9 Å². The molecule has 0 spiro atoms. The van der Waals surface area contributed by atoms with E-state index in [4.69, 9.17) is 0 Å². The van der Waals surface area contributed by atoms with Crippen LogP contribution in [0.4, 0.5) is 14.9 Å². The number of rotatable bonds is 2. The topological polar surface area (TPSA) is 48.1 Å². The maximum atomic E-state index is 13.6. The minimum absolute atomic E-state index is 0.194. The second kappa shape index (κ2) is 7.61. The molecule has 1 aliphatic rings. The van der Waals surface area contributed by atoms with Gasteiger partial charge in [0.15, 0.2) is 0 Å². The molecule has 0 unspecified atom stereocenters. The first-order valence-electron chi connectivity index (χ1n) is 9.79. The van der Waals surface area contributed by atoms with Crippen molar-refractivity contribution in [3.05, 3.63) is 99.9 Å². The summed E-state index contributed by atoms with van der Waals surface area (Å²) in [5.41, 5.74) is 4.82. The van der Waals surface area contributed by atoms with Crippen LogP contribution < -0.4 is 5.32 Å². The van der Waals surface area contributed by atoms with Crippen LogP contribution in [0, 0.1) is 5.82 Å². The molecule has 5 rings (SSSR count). The van der Waals surface area contributed by atoms with E-state index in [2.05, 4.69) is 32.3 Å². The molecule has 0 aliphatic carbocycles. The summed E-state index contributed by atoms with van der Waals surface area (Å²) in [6.07, 6.45) is 0.750. The summed E-state index contributed by atoms with van der Waals surface area (Å²) in [6, 6.07) is 21.5. The highest BCUT2D eigenvalue weighted by Gasteiger charge is 2.34. The van der Waals surface area contributed by atoms with Gasteiger partial charge in [0.05, 0.1) is 11.7 Å². The zero-order valence-corrected chi connectivity index (χ0v) is 17.6. The lowest BCUT2D eigenvalue weighted by Gasteiger charge is -2.36. The van der Waals surface area contributed by atoms with Crippen LogP contribution in [0.3, 0.4) is 0 Å². The van der Waals surface area contributed by atoms with Crippen molar-refractivity contribution in [2.45, 2.75) is 12.5 Å². The summed E-state index contributed by atoms with van der Waals surface area (Å²) in [5, 5.41) is 4.18. The number of carbonyl (C=O) groups excluding carboxylic acids is 1. The summed E-state index contributed by atoms with van der Waals surface area (Å²) >= 11 is 3.48. The van der Waals surface area contributed by atoms with Gasteiger partial charge >= 0.3 is 6.03 Å². The molecule has 6 heteroatoms. The minimum Gasteiger partial charge on any atom is -0.356 e. The van der Waals surface area contributed by atoms with E-state index in [9.17, 15) is 9.18 Å². The van der Waals surface area contributed by atoms with Crippen LogP contribution in [-0.2, 0) is 6.42 Å². The second-order valence-corrected chi connectivity index (χ2v) is 8.22. The van der Waals surface area contributed by atoms with Gasteiger partial charge in [0, 0.05) is 27.6 Å². The van der Waals surface area contributed by atoms with E-state index in [1.165, 1.54) is 23.1 Å². The molecule has 4 nitrogen and oxygen atoms in total. The molecule has 2 N–H and O–H groups in total. The van der Waals surface area contributed by atoms with E-state index < -0.39 is 0 Å².